The highest BCUT2D eigenvalue weighted by Crippen LogP contribution is 2.31. The number of anilines is 2. The molecule has 8 nitrogen and oxygen atoms in total. The molecule has 0 unspecified atom stereocenters. The number of nitrogens with zero attached hydrogens (tertiary/aromatic N) is 8. The predicted octanol–water partition coefficient (Wildman–Crippen LogP) is 2.41. The fourth-order valence-electron chi connectivity index (χ4n) is 3.53. The van der Waals surface area contributed by atoms with Crippen LogP contribution in [0, 0.1) is 0 Å². The van der Waals surface area contributed by atoms with Gasteiger partial charge in [-0.1, -0.05) is 0 Å². The van der Waals surface area contributed by atoms with E-state index < -0.39 is 11.9 Å². The van der Waals surface area contributed by atoms with Crippen LogP contribution < -0.4 is 9.80 Å². The first kappa shape index (κ1) is 17.6. The van der Waals surface area contributed by atoms with Crippen LogP contribution in [0.4, 0.5) is 24.8 Å². The first-order valence-electron chi connectivity index (χ1n) is 8.97. The molecule has 0 saturated carbocycles. The molecule has 1 aliphatic heterocycles. The molecule has 4 aromatic heterocycles. The van der Waals surface area contributed by atoms with Crippen molar-refractivity contribution in [2.75, 3.05) is 36.0 Å². The van der Waals surface area contributed by atoms with Crippen LogP contribution in [0.3, 0.4) is 0 Å². The maximum Gasteiger partial charge on any atom is 0.434 e. The Morgan fingerprint density at radius 2 is 1.62 bits per heavy atom. The van der Waals surface area contributed by atoms with Crippen LogP contribution in [-0.4, -0.2) is 55.5 Å². The Morgan fingerprint density at radius 3 is 2.38 bits per heavy atom. The van der Waals surface area contributed by atoms with E-state index >= 15 is 0 Å². The van der Waals surface area contributed by atoms with E-state index in [0.29, 0.717) is 37.6 Å². The van der Waals surface area contributed by atoms with Crippen molar-refractivity contribution in [3.05, 3.63) is 48.9 Å². The Balaban J connectivity index is 1.41. The van der Waals surface area contributed by atoms with Gasteiger partial charge < -0.3 is 14.2 Å². The van der Waals surface area contributed by atoms with Gasteiger partial charge in [0.05, 0.1) is 5.39 Å². The van der Waals surface area contributed by atoms with E-state index in [1.165, 1.54) is 23.1 Å². The van der Waals surface area contributed by atoms with Gasteiger partial charge in [0, 0.05) is 51.0 Å². The van der Waals surface area contributed by atoms with Gasteiger partial charge >= 0.3 is 6.18 Å². The second-order valence-corrected chi connectivity index (χ2v) is 6.65. The van der Waals surface area contributed by atoms with Crippen LogP contribution in [0.15, 0.2) is 43.2 Å². The number of fused-ring (bicyclic) bond motifs is 2. The van der Waals surface area contributed by atoms with Crippen molar-refractivity contribution in [3.8, 4) is 0 Å². The molecule has 0 amide bonds. The van der Waals surface area contributed by atoms with Crippen LogP contribution in [0.2, 0.25) is 0 Å². The summed E-state index contributed by atoms with van der Waals surface area (Å²) in [7, 11) is 0. The van der Waals surface area contributed by atoms with Crippen LogP contribution in [0.25, 0.3) is 16.7 Å². The molecule has 1 saturated heterocycles. The number of rotatable bonds is 2. The lowest BCUT2D eigenvalue weighted by molar-refractivity contribution is -0.140. The monoisotopic (exact) mass is 400 g/mol. The molecule has 1 aliphatic rings. The predicted molar refractivity (Wildman–Crippen MR) is 99.7 cm³/mol. The summed E-state index contributed by atoms with van der Waals surface area (Å²) in [5, 5.41) is 0.867. The van der Waals surface area contributed by atoms with E-state index in [1.807, 2.05) is 17.0 Å². The summed E-state index contributed by atoms with van der Waals surface area (Å²) in [5.74, 6) is 1.24. The summed E-state index contributed by atoms with van der Waals surface area (Å²) in [6.07, 6.45) is 2.62. The molecule has 5 heterocycles. The summed E-state index contributed by atoms with van der Waals surface area (Å²) in [4.78, 5) is 25.0. The van der Waals surface area contributed by atoms with E-state index in [0.717, 1.165) is 17.4 Å². The van der Waals surface area contributed by atoms with Crippen molar-refractivity contribution in [3.63, 3.8) is 0 Å². The fraction of sp³-hybridized carbons (Fsp3) is 0.278. The lowest BCUT2D eigenvalue weighted by atomic mass is 10.2. The van der Waals surface area contributed by atoms with Crippen molar-refractivity contribution in [2.45, 2.75) is 6.18 Å². The molecule has 0 aromatic carbocycles. The number of hydrogen-bond acceptors (Lipinski definition) is 7. The highest BCUT2D eigenvalue weighted by Gasteiger charge is 2.35. The zero-order chi connectivity index (χ0) is 20.0. The van der Waals surface area contributed by atoms with E-state index in [-0.39, 0.29) is 5.65 Å². The topological polar surface area (TPSA) is 75.3 Å². The van der Waals surface area contributed by atoms with Crippen LogP contribution >= 0.6 is 0 Å². The summed E-state index contributed by atoms with van der Waals surface area (Å²) < 4.78 is 40.5. The summed E-state index contributed by atoms with van der Waals surface area (Å²) in [5.41, 5.74) is -0.0984. The Kier molecular flexibility index (Phi) is 3.96. The summed E-state index contributed by atoms with van der Waals surface area (Å²) in [6, 6.07) is 3.77. The minimum Gasteiger partial charge on any atom is -0.352 e. The Bertz CT molecular complexity index is 1180. The zero-order valence-electron chi connectivity index (χ0n) is 15.1. The molecule has 148 valence electrons. The molecule has 1 fully saturated rings. The molecule has 0 radical (unpaired) electrons. The fourth-order valence-corrected chi connectivity index (χ4v) is 3.53. The minimum absolute atomic E-state index is 0.199. The molecule has 29 heavy (non-hydrogen) atoms. The quantitative estimate of drug-likeness (QED) is 0.512. The van der Waals surface area contributed by atoms with Crippen LogP contribution in [-0.2, 0) is 6.18 Å². The van der Waals surface area contributed by atoms with Gasteiger partial charge in [0.2, 0.25) is 0 Å². The van der Waals surface area contributed by atoms with Gasteiger partial charge in [0.1, 0.15) is 12.1 Å². The highest BCUT2D eigenvalue weighted by molar-refractivity contribution is 5.86. The maximum absolute atomic E-state index is 13.0. The molecule has 0 N–H and O–H groups in total. The second kappa shape index (κ2) is 6.54. The average molecular weight is 400 g/mol. The molecule has 5 rings (SSSR count). The van der Waals surface area contributed by atoms with Gasteiger partial charge in [-0.15, -0.1) is 0 Å². The zero-order valence-corrected chi connectivity index (χ0v) is 15.1. The minimum atomic E-state index is -4.50. The van der Waals surface area contributed by atoms with Crippen molar-refractivity contribution in [1.29, 1.82) is 0 Å². The third kappa shape index (κ3) is 3.08. The first-order valence-corrected chi connectivity index (χ1v) is 8.97. The standard InChI is InChI=1S/C18H15F3N8/c19-18(20,21)13-10-29-5-4-23-16(17(29)26-13)28-8-6-27(7-9-28)15-12-2-1-3-22-14(12)24-11-25-15/h1-5,10-11H,6-9H2. The van der Waals surface area contributed by atoms with E-state index in [9.17, 15) is 13.2 Å². The molecule has 11 heteroatoms. The number of halogens is 3. The van der Waals surface area contributed by atoms with Gasteiger partial charge in [-0.05, 0) is 12.1 Å². The second-order valence-electron chi connectivity index (χ2n) is 6.65. The van der Waals surface area contributed by atoms with Crippen molar-refractivity contribution in [1.82, 2.24) is 29.3 Å². The number of aromatic nitrogens is 6. The molecular weight excluding hydrogens is 385 g/mol. The van der Waals surface area contributed by atoms with E-state index in [1.54, 1.807) is 6.20 Å². The average Bonchev–Trinajstić information content (AvgIpc) is 3.19. The molecule has 0 bridgehead atoms. The number of imidazole rings is 1. The van der Waals surface area contributed by atoms with E-state index in [2.05, 4.69) is 29.8 Å². The van der Waals surface area contributed by atoms with Crippen LogP contribution in [0.5, 0.6) is 0 Å². The van der Waals surface area contributed by atoms with Gasteiger partial charge in [-0.3, -0.25) is 0 Å². The van der Waals surface area contributed by atoms with E-state index in [4.69, 9.17) is 0 Å². The number of piperazine rings is 1. The maximum atomic E-state index is 13.0. The Hall–Kier alpha value is -3.50. The van der Waals surface area contributed by atoms with Gasteiger partial charge in [-0.25, -0.2) is 24.9 Å². The first-order chi connectivity index (χ1) is 14.0. The number of hydrogen-bond donors (Lipinski definition) is 0. The van der Waals surface area contributed by atoms with Crippen molar-refractivity contribution >= 4 is 28.3 Å². The van der Waals surface area contributed by atoms with Gasteiger partial charge in [-0.2, -0.15) is 13.2 Å². The van der Waals surface area contributed by atoms with Gasteiger partial charge in [0.15, 0.2) is 22.8 Å². The van der Waals surface area contributed by atoms with Crippen molar-refractivity contribution in [2.24, 2.45) is 0 Å². The van der Waals surface area contributed by atoms with Crippen molar-refractivity contribution < 1.29 is 13.2 Å². The normalized spacial score (nSPS) is 15.4. The lowest BCUT2D eigenvalue weighted by Crippen LogP contribution is -2.47. The highest BCUT2D eigenvalue weighted by atomic mass is 19.4. The third-order valence-corrected chi connectivity index (χ3v) is 4.91. The van der Waals surface area contributed by atoms with Crippen LogP contribution in [0.1, 0.15) is 5.69 Å². The molecule has 0 atom stereocenters. The lowest BCUT2D eigenvalue weighted by Gasteiger charge is -2.36. The Morgan fingerprint density at radius 1 is 0.862 bits per heavy atom. The molecule has 0 spiro atoms. The smallest absolute Gasteiger partial charge is 0.352 e. The summed E-state index contributed by atoms with van der Waals surface area (Å²) >= 11 is 0. The van der Waals surface area contributed by atoms with Gasteiger partial charge in [0.25, 0.3) is 0 Å². The Labute approximate surface area is 162 Å². The molecular formula is C18H15F3N8. The third-order valence-electron chi connectivity index (χ3n) is 4.91. The number of pyridine rings is 1. The SMILES string of the molecule is FC(F)(F)c1cn2ccnc(N3CCN(c4ncnc5ncccc45)CC3)c2n1. The number of alkyl halides is 3. The molecule has 0 aliphatic carbocycles. The largest absolute Gasteiger partial charge is 0.434 e. The summed E-state index contributed by atoms with van der Waals surface area (Å²) in [6.45, 7) is 2.42. The molecule has 4 aromatic rings.